The van der Waals surface area contributed by atoms with Crippen LogP contribution in [0.2, 0.25) is 0 Å². The fraction of sp³-hybridized carbons (Fsp3) is 0. The van der Waals surface area contributed by atoms with E-state index in [0.29, 0.717) is 16.9 Å². The number of carboxylic acids is 1. The van der Waals surface area contributed by atoms with Gasteiger partial charge in [-0.05, 0) is 29.0 Å². The molecular weight excluding hydrogens is 266 g/mol. The first-order chi connectivity index (χ1) is 10.3. The zero-order chi connectivity index (χ0) is 14.7. The summed E-state index contributed by atoms with van der Waals surface area (Å²) in [5.74, 6) is -0.594. The molecule has 5 nitrogen and oxygen atoms in total. The molecule has 0 aliphatic heterocycles. The summed E-state index contributed by atoms with van der Waals surface area (Å²) >= 11 is 0. The number of rotatable bonds is 3. The standard InChI is InChI=1S/C16H11N3O2/c20-16(21)15-12-6-2-1-5-11(12)8-9-13(15)18-19-14-7-3-4-10-17-14/h1-10H,(H,20,21). The summed E-state index contributed by atoms with van der Waals surface area (Å²) in [5, 5.41) is 18.9. The summed E-state index contributed by atoms with van der Waals surface area (Å²) in [6, 6.07) is 16.0. The molecule has 0 spiro atoms. The van der Waals surface area contributed by atoms with Crippen molar-refractivity contribution in [1.82, 2.24) is 4.98 Å². The zero-order valence-electron chi connectivity index (χ0n) is 11.0. The van der Waals surface area contributed by atoms with Gasteiger partial charge in [0.2, 0.25) is 0 Å². The van der Waals surface area contributed by atoms with Crippen LogP contribution in [-0.4, -0.2) is 16.1 Å². The van der Waals surface area contributed by atoms with Gasteiger partial charge < -0.3 is 5.11 Å². The van der Waals surface area contributed by atoms with Gasteiger partial charge in [0.1, 0.15) is 5.69 Å². The summed E-state index contributed by atoms with van der Waals surface area (Å²) in [6.45, 7) is 0. The molecule has 0 saturated carbocycles. The fourth-order valence-electron chi connectivity index (χ4n) is 2.09. The molecular formula is C16H11N3O2. The molecule has 0 bridgehead atoms. The number of carboxylic acid groups (broad SMARTS) is 1. The van der Waals surface area contributed by atoms with Crippen LogP contribution < -0.4 is 0 Å². The minimum atomic E-state index is -1.03. The summed E-state index contributed by atoms with van der Waals surface area (Å²) in [4.78, 5) is 15.6. The van der Waals surface area contributed by atoms with Crippen LogP contribution in [0, 0.1) is 0 Å². The number of aromatic carboxylic acids is 1. The van der Waals surface area contributed by atoms with Crippen molar-refractivity contribution in [2.75, 3.05) is 0 Å². The van der Waals surface area contributed by atoms with Crippen LogP contribution in [0.1, 0.15) is 10.4 Å². The Morgan fingerprint density at radius 1 is 0.952 bits per heavy atom. The third kappa shape index (κ3) is 2.62. The summed E-state index contributed by atoms with van der Waals surface area (Å²) in [7, 11) is 0. The van der Waals surface area contributed by atoms with E-state index in [1.165, 1.54) is 0 Å². The van der Waals surface area contributed by atoms with Crippen molar-refractivity contribution in [2.45, 2.75) is 0 Å². The van der Waals surface area contributed by atoms with Crippen molar-refractivity contribution in [3.63, 3.8) is 0 Å². The molecule has 1 aromatic heterocycles. The van der Waals surface area contributed by atoms with Crippen molar-refractivity contribution >= 4 is 28.2 Å². The van der Waals surface area contributed by atoms with Gasteiger partial charge in [-0.25, -0.2) is 9.78 Å². The maximum atomic E-state index is 11.5. The number of hydrogen-bond donors (Lipinski definition) is 1. The number of hydrogen-bond acceptors (Lipinski definition) is 4. The van der Waals surface area contributed by atoms with E-state index >= 15 is 0 Å². The number of carbonyl (C=O) groups is 1. The van der Waals surface area contributed by atoms with E-state index in [1.54, 1.807) is 42.6 Å². The molecule has 3 aromatic rings. The van der Waals surface area contributed by atoms with Gasteiger partial charge >= 0.3 is 5.97 Å². The molecule has 102 valence electrons. The van der Waals surface area contributed by atoms with Crippen LogP contribution in [0.4, 0.5) is 11.5 Å². The van der Waals surface area contributed by atoms with Gasteiger partial charge in [-0.15, -0.1) is 10.2 Å². The van der Waals surface area contributed by atoms with Gasteiger partial charge in [0.05, 0.1) is 5.56 Å². The first-order valence-corrected chi connectivity index (χ1v) is 6.33. The highest BCUT2D eigenvalue weighted by Crippen LogP contribution is 2.29. The normalized spacial score (nSPS) is 11.0. The molecule has 0 unspecified atom stereocenters. The molecule has 0 amide bonds. The van der Waals surface area contributed by atoms with E-state index in [0.717, 1.165) is 5.39 Å². The van der Waals surface area contributed by atoms with Crippen molar-refractivity contribution in [3.05, 3.63) is 66.4 Å². The Bertz CT molecular complexity index is 829. The van der Waals surface area contributed by atoms with Crippen molar-refractivity contribution in [3.8, 4) is 0 Å². The van der Waals surface area contributed by atoms with Gasteiger partial charge in [-0.2, -0.15) is 0 Å². The molecule has 0 aliphatic carbocycles. The molecule has 1 N–H and O–H groups in total. The molecule has 0 radical (unpaired) electrons. The average molecular weight is 277 g/mol. The van der Waals surface area contributed by atoms with Crippen LogP contribution in [0.5, 0.6) is 0 Å². The third-order valence-electron chi connectivity index (χ3n) is 3.03. The van der Waals surface area contributed by atoms with Gasteiger partial charge in [0.15, 0.2) is 5.82 Å². The predicted octanol–water partition coefficient (Wildman–Crippen LogP) is 4.35. The van der Waals surface area contributed by atoms with Crippen molar-refractivity contribution in [2.24, 2.45) is 10.2 Å². The summed E-state index contributed by atoms with van der Waals surface area (Å²) in [5.41, 5.74) is 0.458. The van der Waals surface area contributed by atoms with Crippen LogP contribution in [0.25, 0.3) is 10.8 Å². The Morgan fingerprint density at radius 2 is 1.76 bits per heavy atom. The lowest BCUT2D eigenvalue weighted by Gasteiger charge is -2.05. The number of pyridine rings is 1. The van der Waals surface area contributed by atoms with Gasteiger partial charge in [0, 0.05) is 6.20 Å². The second-order valence-electron chi connectivity index (χ2n) is 4.37. The predicted molar refractivity (Wildman–Crippen MR) is 79.3 cm³/mol. The number of benzene rings is 2. The molecule has 1 heterocycles. The number of aromatic nitrogens is 1. The van der Waals surface area contributed by atoms with Crippen LogP contribution in [0.3, 0.4) is 0 Å². The summed E-state index contributed by atoms with van der Waals surface area (Å²) < 4.78 is 0. The molecule has 0 saturated heterocycles. The minimum absolute atomic E-state index is 0.146. The Balaban J connectivity index is 2.12. The number of azo groups is 1. The molecule has 5 heteroatoms. The van der Waals surface area contributed by atoms with Gasteiger partial charge in [-0.1, -0.05) is 36.4 Å². The quantitative estimate of drug-likeness (QED) is 0.723. The summed E-state index contributed by atoms with van der Waals surface area (Å²) in [6.07, 6.45) is 1.60. The molecule has 21 heavy (non-hydrogen) atoms. The lowest BCUT2D eigenvalue weighted by atomic mass is 10.0. The van der Waals surface area contributed by atoms with Gasteiger partial charge in [-0.3, -0.25) is 0 Å². The molecule has 2 aromatic carbocycles. The first kappa shape index (κ1) is 12.9. The second kappa shape index (κ2) is 5.50. The molecule has 0 atom stereocenters. The molecule has 0 fully saturated rings. The van der Waals surface area contributed by atoms with E-state index < -0.39 is 5.97 Å². The number of fused-ring (bicyclic) bond motifs is 1. The van der Waals surface area contributed by atoms with E-state index in [4.69, 9.17) is 0 Å². The zero-order valence-corrected chi connectivity index (χ0v) is 11.0. The molecule has 0 aliphatic rings. The van der Waals surface area contributed by atoms with E-state index in [-0.39, 0.29) is 5.56 Å². The van der Waals surface area contributed by atoms with Gasteiger partial charge in [0.25, 0.3) is 0 Å². The SMILES string of the molecule is O=C(O)c1c(N=Nc2ccccn2)ccc2ccccc12. The monoisotopic (exact) mass is 277 g/mol. The van der Waals surface area contributed by atoms with E-state index in [2.05, 4.69) is 15.2 Å². The van der Waals surface area contributed by atoms with Crippen LogP contribution >= 0.6 is 0 Å². The maximum absolute atomic E-state index is 11.5. The lowest BCUT2D eigenvalue weighted by molar-refractivity contribution is 0.0700. The fourth-order valence-corrected chi connectivity index (χ4v) is 2.09. The Hall–Kier alpha value is -3.08. The van der Waals surface area contributed by atoms with E-state index in [9.17, 15) is 9.90 Å². The smallest absolute Gasteiger partial charge is 0.338 e. The Labute approximate surface area is 120 Å². The maximum Gasteiger partial charge on any atom is 0.338 e. The Kier molecular flexibility index (Phi) is 3.39. The van der Waals surface area contributed by atoms with Crippen LogP contribution in [0.15, 0.2) is 71.0 Å². The highest BCUT2D eigenvalue weighted by molar-refractivity contribution is 6.08. The highest BCUT2D eigenvalue weighted by Gasteiger charge is 2.14. The highest BCUT2D eigenvalue weighted by atomic mass is 16.4. The number of nitrogens with zero attached hydrogens (tertiary/aromatic N) is 3. The largest absolute Gasteiger partial charge is 0.478 e. The minimum Gasteiger partial charge on any atom is -0.478 e. The Morgan fingerprint density at radius 3 is 2.52 bits per heavy atom. The van der Waals surface area contributed by atoms with Crippen molar-refractivity contribution in [1.29, 1.82) is 0 Å². The average Bonchev–Trinajstić information content (AvgIpc) is 2.53. The van der Waals surface area contributed by atoms with E-state index in [1.807, 2.05) is 18.2 Å². The molecule has 3 rings (SSSR count). The second-order valence-corrected chi connectivity index (χ2v) is 4.37. The van der Waals surface area contributed by atoms with Crippen molar-refractivity contribution < 1.29 is 9.90 Å². The lowest BCUT2D eigenvalue weighted by Crippen LogP contribution is -1.98. The third-order valence-corrected chi connectivity index (χ3v) is 3.03. The topological polar surface area (TPSA) is 74.9 Å². The van der Waals surface area contributed by atoms with Crippen LogP contribution in [-0.2, 0) is 0 Å². The first-order valence-electron chi connectivity index (χ1n) is 6.33.